The lowest BCUT2D eigenvalue weighted by Crippen LogP contribution is -2.45. The van der Waals surface area contributed by atoms with E-state index in [1.807, 2.05) is 30.3 Å². The molecule has 3 rings (SSSR count). The molecule has 3 N–H and O–H groups in total. The standard InChI is InChI=1S/C15H19N5O2.HI/c1-16-15(17-8-11-6-7-19-20-11)18-9-12-10-21-13-4-2-3-5-14(13)22-12;/h2-7,12H,8-10H2,1H3,(H,19,20)(H2,16,17,18);1H. The van der Waals surface area contributed by atoms with E-state index in [1.54, 1.807) is 13.2 Å². The normalized spacial score (nSPS) is 16.4. The number of aromatic nitrogens is 2. The molecule has 124 valence electrons. The average Bonchev–Trinajstić information content (AvgIpc) is 3.08. The number of fused-ring (bicyclic) bond motifs is 1. The third-order valence-corrected chi connectivity index (χ3v) is 3.29. The molecule has 1 atom stereocenters. The summed E-state index contributed by atoms with van der Waals surface area (Å²) in [5, 5.41) is 13.2. The van der Waals surface area contributed by atoms with Crippen LogP contribution in [0.25, 0.3) is 0 Å². The minimum absolute atomic E-state index is 0. The quantitative estimate of drug-likeness (QED) is 0.390. The summed E-state index contributed by atoms with van der Waals surface area (Å²) in [6.45, 7) is 1.75. The van der Waals surface area contributed by atoms with E-state index in [2.05, 4.69) is 25.8 Å². The van der Waals surface area contributed by atoms with E-state index in [0.717, 1.165) is 17.2 Å². The molecule has 0 radical (unpaired) electrons. The Hall–Kier alpha value is -1.97. The van der Waals surface area contributed by atoms with Gasteiger partial charge < -0.3 is 20.1 Å². The van der Waals surface area contributed by atoms with Crippen LogP contribution >= 0.6 is 24.0 Å². The van der Waals surface area contributed by atoms with Crippen LogP contribution in [0, 0.1) is 0 Å². The number of para-hydroxylation sites is 2. The number of benzene rings is 1. The summed E-state index contributed by atoms with van der Waals surface area (Å²) in [6.07, 6.45) is 1.67. The van der Waals surface area contributed by atoms with E-state index in [0.29, 0.717) is 25.7 Å². The molecule has 8 heteroatoms. The Labute approximate surface area is 151 Å². The second-order valence-corrected chi connectivity index (χ2v) is 4.89. The molecule has 0 aliphatic carbocycles. The fourth-order valence-corrected chi connectivity index (χ4v) is 2.16. The number of nitrogens with one attached hydrogen (secondary N) is 3. The molecule has 0 saturated heterocycles. The lowest BCUT2D eigenvalue weighted by atomic mass is 10.2. The van der Waals surface area contributed by atoms with Crippen molar-refractivity contribution in [1.82, 2.24) is 20.8 Å². The van der Waals surface area contributed by atoms with Crippen molar-refractivity contribution in [1.29, 1.82) is 0 Å². The molecule has 1 aromatic carbocycles. The molecule has 1 aliphatic rings. The Morgan fingerprint density at radius 3 is 2.87 bits per heavy atom. The average molecular weight is 429 g/mol. The summed E-state index contributed by atoms with van der Waals surface area (Å²) in [7, 11) is 1.73. The zero-order chi connectivity index (χ0) is 15.2. The van der Waals surface area contributed by atoms with Crippen LogP contribution in [0.1, 0.15) is 5.69 Å². The zero-order valence-electron chi connectivity index (χ0n) is 12.8. The van der Waals surface area contributed by atoms with Gasteiger partial charge in [-0.25, -0.2) is 0 Å². The van der Waals surface area contributed by atoms with E-state index in [-0.39, 0.29) is 30.1 Å². The number of H-pyrrole nitrogens is 1. The molecular formula is C15H20IN5O2. The Balaban J connectivity index is 0.00000192. The molecule has 7 nitrogen and oxygen atoms in total. The maximum Gasteiger partial charge on any atom is 0.191 e. The van der Waals surface area contributed by atoms with Crippen molar-refractivity contribution < 1.29 is 9.47 Å². The molecule has 0 saturated carbocycles. The predicted octanol–water partition coefficient (Wildman–Crippen LogP) is 1.53. The van der Waals surface area contributed by atoms with E-state index in [1.165, 1.54) is 0 Å². The van der Waals surface area contributed by atoms with Gasteiger partial charge in [0.05, 0.1) is 18.8 Å². The Bertz CT molecular complexity index is 633. The second-order valence-electron chi connectivity index (χ2n) is 4.89. The lowest BCUT2D eigenvalue weighted by Gasteiger charge is -2.27. The molecule has 2 heterocycles. The van der Waals surface area contributed by atoms with Crippen molar-refractivity contribution >= 4 is 29.9 Å². The molecule has 0 amide bonds. The fraction of sp³-hybridized carbons (Fsp3) is 0.333. The van der Waals surface area contributed by atoms with Crippen molar-refractivity contribution in [3.8, 4) is 11.5 Å². The largest absolute Gasteiger partial charge is 0.486 e. The molecule has 0 fully saturated rings. The van der Waals surface area contributed by atoms with Crippen molar-refractivity contribution in [3.63, 3.8) is 0 Å². The van der Waals surface area contributed by atoms with Crippen molar-refractivity contribution in [2.24, 2.45) is 4.99 Å². The Kier molecular flexibility index (Phi) is 6.51. The van der Waals surface area contributed by atoms with E-state index in [4.69, 9.17) is 9.47 Å². The van der Waals surface area contributed by atoms with E-state index < -0.39 is 0 Å². The molecule has 1 unspecified atom stereocenters. The van der Waals surface area contributed by atoms with Gasteiger partial charge in [0.15, 0.2) is 17.5 Å². The summed E-state index contributed by atoms with van der Waals surface area (Å²) in [6, 6.07) is 9.59. The monoisotopic (exact) mass is 429 g/mol. The molecule has 23 heavy (non-hydrogen) atoms. The van der Waals surface area contributed by atoms with Crippen LogP contribution in [0.3, 0.4) is 0 Å². The first-order valence-electron chi connectivity index (χ1n) is 7.16. The molecule has 0 spiro atoms. The zero-order valence-corrected chi connectivity index (χ0v) is 15.1. The SMILES string of the molecule is CN=C(NCc1ccn[nH]1)NCC1COc2ccccc2O1.I. The highest BCUT2D eigenvalue weighted by molar-refractivity contribution is 14.0. The number of nitrogens with zero attached hydrogens (tertiary/aromatic N) is 2. The Morgan fingerprint density at radius 2 is 2.13 bits per heavy atom. The highest BCUT2D eigenvalue weighted by atomic mass is 127. The maximum atomic E-state index is 5.89. The van der Waals surface area contributed by atoms with Crippen LogP contribution in [0.2, 0.25) is 0 Å². The first-order valence-corrected chi connectivity index (χ1v) is 7.16. The summed E-state index contributed by atoms with van der Waals surface area (Å²) in [4.78, 5) is 4.18. The molecule has 1 aliphatic heterocycles. The van der Waals surface area contributed by atoms with Crippen LogP contribution in [-0.4, -0.2) is 42.5 Å². The number of ether oxygens (including phenoxy) is 2. The highest BCUT2D eigenvalue weighted by Gasteiger charge is 2.20. The minimum atomic E-state index is -0.0550. The van der Waals surface area contributed by atoms with Gasteiger partial charge in [0, 0.05) is 13.2 Å². The van der Waals surface area contributed by atoms with Crippen LogP contribution in [-0.2, 0) is 6.54 Å². The predicted molar refractivity (Wildman–Crippen MR) is 98.6 cm³/mol. The molecule has 1 aromatic heterocycles. The summed E-state index contributed by atoms with van der Waals surface area (Å²) < 4.78 is 11.6. The second kappa shape index (κ2) is 8.61. The number of aromatic amines is 1. The van der Waals surface area contributed by atoms with Crippen LogP contribution in [0.15, 0.2) is 41.5 Å². The highest BCUT2D eigenvalue weighted by Crippen LogP contribution is 2.30. The number of hydrogen-bond acceptors (Lipinski definition) is 4. The first kappa shape index (κ1) is 17.4. The van der Waals surface area contributed by atoms with Gasteiger partial charge in [-0.15, -0.1) is 24.0 Å². The maximum absolute atomic E-state index is 5.89. The van der Waals surface area contributed by atoms with Crippen LogP contribution < -0.4 is 20.1 Å². The number of aliphatic imine (C=N–C) groups is 1. The fourth-order valence-electron chi connectivity index (χ4n) is 2.16. The van der Waals surface area contributed by atoms with Crippen molar-refractivity contribution in [2.75, 3.05) is 20.2 Å². The van der Waals surface area contributed by atoms with Crippen molar-refractivity contribution in [2.45, 2.75) is 12.6 Å². The van der Waals surface area contributed by atoms with Crippen molar-refractivity contribution in [3.05, 3.63) is 42.2 Å². The topological polar surface area (TPSA) is 83.6 Å². The molecule has 0 bridgehead atoms. The van der Waals surface area contributed by atoms with Gasteiger partial charge in [0.2, 0.25) is 0 Å². The minimum Gasteiger partial charge on any atom is -0.486 e. The van der Waals surface area contributed by atoms with Gasteiger partial charge in [-0.05, 0) is 18.2 Å². The van der Waals surface area contributed by atoms with Gasteiger partial charge in [0.25, 0.3) is 0 Å². The molecule has 2 aromatic rings. The number of hydrogen-bond donors (Lipinski definition) is 3. The third-order valence-electron chi connectivity index (χ3n) is 3.29. The summed E-state index contributed by atoms with van der Waals surface area (Å²) >= 11 is 0. The van der Waals surface area contributed by atoms with Gasteiger partial charge in [-0.3, -0.25) is 10.1 Å². The Morgan fingerprint density at radius 1 is 1.30 bits per heavy atom. The van der Waals surface area contributed by atoms with E-state index in [9.17, 15) is 0 Å². The molecular weight excluding hydrogens is 409 g/mol. The van der Waals surface area contributed by atoms with Gasteiger partial charge in [-0.2, -0.15) is 5.10 Å². The summed E-state index contributed by atoms with van der Waals surface area (Å²) in [5.74, 6) is 2.28. The first-order chi connectivity index (χ1) is 10.8. The van der Waals surface area contributed by atoms with Gasteiger partial charge in [-0.1, -0.05) is 12.1 Å². The lowest BCUT2D eigenvalue weighted by molar-refractivity contribution is 0.0936. The number of rotatable bonds is 4. The van der Waals surface area contributed by atoms with Crippen LogP contribution in [0.5, 0.6) is 11.5 Å². The van der Waals surface area contributed by atoms with Crippen LogP contribution in [0.4, 0.5) is 0 Å². The van der Waals surface area contributed by atoms with E-state index >= 15 is 0 Å². The number of halogens is 1. The third kappa shape index (κ3) is 4.75. The summed E-state index contributed by atoms with van der Waals surface area (Å²) in [5.41, 5.74) is 0.995. The smallest absolute Gasteiger partial charge is 0.191 e. The number of guanidine groups is 1. The van der Waals surface area contributed by atoms with Gasteiger partial charge >= 0.3 is 0 Å². The van der Waals surface area contributed by atoms with Gasteiger partial charge in [0.1, 0.15) is 12.7 Å².